The van der Waals surface area contributed by atoms with Crippen molar-refractivity contribution in [2.45, 2.75) is 43.4 Å². The van der Waals surface area contributed by atoms with Crippen LogP contribution in [0.25, 0.3) is 0 Å². The molecule has 0 amide bonds. The van der Waals surface area contributed by atoms with E-state index >= 15 is 0 Å². The maximum absolute atomic E-state index is 12.6. The van der Waals surface area contributed by atoms with Crippen LogP contribution in [0.5, 0.6) is 5.75 Å². The highest BCUT2D eigenvalue weighted by Crippen LogP contribution is 2.36. The molecular weight excluding hydrogens is 270 g/mol. The number of methoxy groups -OCH3 is 1. The largest absolute Gasteiger partial charge is 0.497 e. The van der Waals surface area contributed by atoms with Crippen LogP contribution in [0.4, 0.5) is 0 Å². The molecule has 0 bridgehead atoms. The summed E-state index contributed by atoms with van der Waals surface area (Å²) in [4.78, 5) is 0. The second-order valence-electron chi connectivity index (χ2n) is 6.03. The minimum absolute atomic E-state index is 0.0812. The second kappa shape index (κ2) is 5.86. The van der Waals surface area contributed by atoms with Crippen LogP contribution in [0.3, 0.4) is 0 Å². The molecule has 0 saturated heterocycles. The Morgan fingerprint density at radius 3 is 2.80 bits per heavy atom. The molecule has 3 nitrogen and oxygen atoms in total. The van der Waals surface area contributed by atoms with Gasteiger partial charge in [-0.3, -0.25) is 4.21 Å². The number of fused-ring (bicyclic) bond motifs is 1. The lowest BCUT2D eigenvalue weighted by Gasteiger charge is -2.18. The Labute approximate surface area is 123 Å². The van der Waals surface area contributed by atoms with Gasteiger partial charge in [0, 0.05) is 22.6 Å². The van der Waals surface area contributed by atoms with Crippen LogP contribution in [-0.2, 0) is 17.2 Å². The van der Waals surface area contributed by atoms with Gasteiger partial charge in [0.1, 0.15) is 5.75 Å². The van der Waals surface area contributed by atoms with E-state index in [1.54, 1.807) is 7.11 Å². The van der Waals surface area contributed by atoms with E-state index in [1.807, 2.05) is 12.1 Å². The molecule has 0 heterocycles. The van der Waals surface area contributed by atoms with E-state index in [0.717, 1.165) is 23.5 Å². The monoisotopic (exact) mass is 293 g/mol. The van der Waals surface area contributed by atoms with Crippen molar-refractivity contribution in [2.75, 3.05) is 12.9 Å². The molecule has 4 heteroatoms. The van der Waals surface area contributed by atoms with Crippen LogP contribution in [0, 0.1) is 5.92 Å². The third-order valence-electron chi connectivity index (χ3n) is 4.75. The molecule has 3 rings (SSSR count). The number of benzene rings is 1. The lowest BCUT2D eigenvalue weighted by Crippen LogP contribution is -2.29. The molecule has 0 aromatic heterocycles. The van der Waals surface area contributed by atoms with Crippen LogP contribution in [0.1, 0.15) is 42.9 Å². The van der Waals surface area contributed by atoms with E-state index in [9.17, 15) is 4.21 Å². The Morgan fingerprint density at radius 2 is 2.10 bits per heavy atom. The van der Waals surface area contributed by atoms with Crippen molar-refractivity contribution in [2.24, 2.45) is 11.7 Å². The fourth-order valence-electron chi connectivity index (χ4n) is 3.53. The summed E-state index contributed by atoms with van der Waals surface area (Å²) < 4.78 is 17.9. The fourth-order valence-corrected chi connectivity index (χ4v) is 5.41. The minimum atomic E-state index is -0.816. The first kappa shape index (κ1) is 14.1. The summed E-state index contributed by atoms with van der Waals surface area (Å²) in [6, 6.07) is 5.93. The summed E-state index contributed by atoms with van der Waals surface area (Å²) >= 11 is 0. The van der Waals surface area contributed by atoms with Crippen molar-refractivity contribution in [3.8, 4) is 5.75 Å². The average molecular weight is 293 g/mol. The van der Waals surface area contributed by atoms with E-state index in [-0.39, 0.29) is 11.3 Å². The highest BCUT2D eigenvalue weighted by Gasteiger charge is 2.35. The normalized spacial score (nSPS) is 27.5. The molecule has 1 aromatic rings. The molecule has 0 radical (unpaired) electrons. The summed E-state index contributed by atoms with van der Waals surface area (Å²) in [5, 5.41) is 0.0812. The smallest absolute Gasteiger partial charge is 0.119 e. The molecule has 2 aliphatic carbocycles. The van der Waals surface area contributed by atoms with Crippen LogP contribution in [-0.4, -0.2) is 22.3 Å². The molecule has 3 unspecified atom stereocenters. The quantitative estimate of drug-likeness (QED) is 0.928. The first-order valence-electron chi connectivity index (χ1n) is 7.48. The lowest BCUT2D eigenvalue weighted by atomic mass is 10.1. The first-order chi connectivity index (χ1) is 9.69. The van der Waals surface area contributed by atoms with E-state index in [2.05, 4.69) is 6.07 Å². The number of rotatable bonds is 4. The fraction of sp³-hybridized carbons (Fsp3) is 0.625. The average Bonchev–Trinajstić information content (AvgIpc) is 3.07. The Kier molecular flexibility index (Phi) is 4.13. The van der Waals surface area contributed by atoms with Gasteiger partial charge in [0.25, 0.3) is 0 Å². The van der Waals surface area contributed by atoms with Gasteiger partial charge in [-0.1, -0.05) is 18.9 Å². The molecule has 0 aliphatic heterocycles. The molecule has 3 atom stereocenters. The van der Waals surface area contributed by atoms with Gasteiger partial charge in [0.2, 0.25) is 0 Å². The second-order valence-corrected chi connectivity index (χ2v) is 7.73. The van der Waals surface area contributed by atoms with Gasteiger partial charge < -0.3 is 10.5 Å². The van der Waals surface area contributed by atoms with Crippen LogP contribution >= 0.6 is 0 Å². The molecular formula is C16H23NO2S. The highest BCUT2D eigenvalue weighted by molar-refractivity contribution is 7.85. The number of nitrogens with two attached hydrogens (primary N) is 1. The molecule has 1 saturated carbocycles. The highest BCUT2D eigenvalue weighted by atomic mass is 32.2. The van der Waals surface area contributed by atoms with Gasteiger partial charge in [-0.05, 0) is 48.4 Å². The Morgan fingerprint density at radius 1 is 1.35 bits per heavy atom. The van der Waals surface area contributed by atoms with Crippen LogP contribution in [0.2, 0.25) is 0 Å². The van der Waals surface area contributed by atoms with Crippen molar-refractivity contribution in [1.82, 2.24) is 0 Å². The molecule has 2 N–H and O–H groups in total. The third kappa shape index (κ3) is 2.63. The number of hydrogen-bond acceptors (Lipinski definition) is 3. The SMILES string of the molecule is COc1ccc2c(c1)C(N)C(S(=O)CC1CCCC1)C2. The van der Waals surface area contributed by atoms with Crippen molar-refractivity contribution in [3.63, 3.8) is 0 Å². The zero-order chi connectivity index (χ0) is 14.1. The molecule has 1 fully saturated rings. The molecule has 2 aliphatic rings. The predicted molar refractivity (Wildman–Crippen MR) is 82.4 cm³/mol. The summed E-state index contributed by atoms with van der Waals surface area (Å²) in [5.41, 5.74) is 8.70. The Hall–Kier alpha value is -0.870. The first-order valence-corrected chi connectivity index (χ1v) is 8.87. The maximum atomic E-state index is 12.6. The van der Waals surface area contributed by atoms with E-state index in [4.69, 9.17) is 10.5 Å². The summed E-state index contributed by atoms with van der Waals surface area (Å²) in [7, 11) is 0.849. The van der Waals surface area contributed by atoms with E-state index < -0.39 is 10.8 Å². The van der Waals surface area contributed by atoms with Crippen molar-refractivity contribution < 1.29 is 8.95 Å². The molecule has 20 heavy (non-hydrogen) atoms. The van der Waals surface area contributed by atoms with Gasteiger partial charge >= 0.3 is 0 Å². The number of ether oxygens (including phenoxy) is 1. The standard InChI is InChI=1S/C16H23NO2S/c1-19-13-7-6-12-8-15(16(17)14(12)9-13)20(18)10-11-4-2-3-5-11/h6-7,9,11,15-16H,2-5,8,10,17H2,1H3. The predicted octanol–water partition coefficient (Wildman–Crippen LogP) is 2.56. The summed E-state index contributed by atoms with van der Waals surface area (Å²) in [6.45, 7) is 0. The third-order valence-corrected chi connectivity index (χ3v) is 6.68. The van der Waals surface area contributed by atoms with Crippen LogP contribution in [0.15, 0.2) is 18.2 Å². The maximum Gasteiger partial charge on any atom is 0.119 e. The van der Waals surface area contributed by atoms with Crippen molar-refractivity contribution in [3.05, 3.63) is 29.3 Å². The van der Waals surface area contributed by atoms with Crippen LogP contribution < -0.4 is 10.5 Å². The molecule has 0 spiro atoms. The van der Waals surface area contributed by atoms with Crippen molar-refractivity contribution >= 4 is 10.8 Å². The van der Waals surface area contributed by atoms with E-state index in [0.29, 0.717) is 5.92 Å². The molecule has 110 valence electrons. The minimum Gasteiger partial charge on any atom is -0.497 e. The zero-order valence-corrected chi connectivity index (χ0v) is 12.8. The number of hydrogen-bond donors (Lipinski definition) is 1. The van der Waals surface area contributed by atoms with Gasteiger partial charge in [-0.15, -0.1) is 0 Å². The zero-order valence-electron chi connectivity index (χ0n) is 12.0. The van der Waals surface area contributed by atoms with Crippen molar-refractivity contribution in [1.29, 1.82) is 0 Å². The van der Waals surface area contributed by atoms with Gasteiger partial charge in [0.05, 0.1) is 12.4 Å². The van der Waals surface area contributed by atoms with Gasteiger partial charge in [-0.25, -0.2) is 0 Å². The van der Waals surface area contributed by atoms with Gasteiger partial charge in [-0.2, -0.15) is 0 Å². The van der Waals surface area contributed by atoms with E-state index in [1.165, 1.54) is 31.2 Å². The van der Waals surface area contributed by atoms with Gasteiger partial charge in [0.15, 0.2) is 0 Å². The summed E-state index contributed by atoms with van der Waals surface area (Å²) in [5.74, 6) is 2.33. The molecule has 1 aromatic carbocycles. The Bertz CT molecular complexity index is 511. The lowest BCUT2D eigenvalue weighted by molar-refractivity contribution is 0.414. The topological polar surface area (TPSA) is 52.3 Å². The Balaban J connectivity index is 1.72. The summed E-state index contributed by atoms with van der Waals surface area (Å²) in [6.07, 6.45) is 5.94.